The molecule has 0 radical (unpaired) electrons. The summed E-state index contributed by atoms with van der Waals surface area (Å²) in [5.74, 6) is -0.855. The summed E-state index contributed by atoms with van der Waals surface area (Å²) in [7, 11) is 0. The maximum Gasteiger partial charge on any atom is 0.305 e. The van der Waals surface area contributed by atoms with Crippen LogP contribution in [0.5, 0.6) is 5.75 Å². The van der Waals surface area contributed by atoms with Gasteiger partial charge in [-0.25, -0.2) is 0 Å². The zero-order valence-corrected chi connectivity index (χ0v) is 13.0. The Kier molecular flexibility index (Phi) is 5.95. The van der Waals surface area contributed by atoms with Crippen molar-refractivity contribution in [2.24, 2.45) is 0 Å². The van der Waals surface area contributed by atoms with Crippen LogP contribution in [0.2, 0.25) is 0 Å². The van der Waals surface area contributed by atoms with E-state index in [0.29, 0.717) is 17.9 Å². The van der Waals surface area contributed by atoms with Crippen LogP contribution >= 0.6 is 0 Å². The van der Waals surface area contributed by atoms with Crippen molar-refractivity contribution >= 4 is 17.7 Å². The van der Waals surface area contributed by atoms with E-state index >= 15 is 0 Å². The van der Waals surface area contributed by atoms with Crippen molar-refractivity contribution in [3.05, 3.63) is 54.0 Å². The molecule has 2 aromatic rings. The summed E-state index contributed by atoms with van der Waals surface area (Å²) in [5, 5.41) is 2.44. The number of hydrogen-bond donors (Lipinski definition) is 3. The lowest BCUT2D eigenvalue weighted by Gasteiger charge is -2.08. The number of nitrogens with one attached hydrogen (secondary N) is 3. The first-order valence-electron chi connectivity index (χ1n) is 7.24. The molecule has 0 aliphatic rings. The number of furan rings is 1. The Hall–Kier alpha value is -3.29. The van der Waals surface area contributed by atoms with Crippen molar-refractivity contribution in [2.75, 3.05) is 13.2 Å². The van der Waals surface area contributed by atoms with Gasteiger partial charge >= 0.3 is 5.91 Å². The van der Waals surface area contributed by atoms with E-state index < -0.39 is 17.7 Å². The summed E-state index contributed by atoms with van der Waals surface area (Å²) in [5.41, 5.74) is 4.73. The Balaban J connectivity index is 1.74. The topological polar surface area (TPSA) is 110 Å². The molecule has 0 fully saturated rings. The molecule has 1 aromatic heterocycles. The first kappa shape index (κ1) is 17.1. The first-order chi connectivity index (χ1) is 11.6. The second kappa shape index (κ2) is 8.37. The van der Waals surface area contributed by atoms with E-state index in [4.69, 9.17) is 9.15 Å². The van der Waals surface area contributed by atoms with Crippen molar-refractivity contribution < 1.29 is 23.5 Å². The Labute approximate surface area is 138 Å². The number of hydrazine groups is 1. The molecule has 0 aliphatic heterocycles. The van der Waals surface area contributed by atoms with Crippen molar-refractivity contribution in [2.45, 2.75) is 6.92 Å². The highest BCUT2D eigenvalue weighted by Gasteiger charge is 2.11. The van der Waals surface area contributed by atoms with Gasteiger partial charge in [-0.1, -0.05) is 0 Å². The lowest BCUT2D eigenvalue weighted by Crippen LogP contribution is -2.46. The maximum absolute atomic E-state index is 11.9. The second-order valence-corrected chi connectivity index (χ2v) is 4.62. The van der Waals surface area contributed by atoms with Crippen LogP contribution < -0.4 is 20.9 Å². The van der Waals surface area contributed by atoms with Crippen LogP contribution in [0.4, 0.5) is 0 Å². The standard InChI is InChI=1S/C16H17N3O5/c1-2-23-12-7-5-11(6-8-12)15(21)17-10-14(20)18-19-16(22)13-4-3-9-24-13/h3-9H,2,10H2,1H3,(H,17,21)(H,18,20)(H,19,22). The number of rotatable bonds is 6. The molecule has 0 saturated heterocycles. The fourth-order valence-electron chi connectivity index (χ4n) is 1.77. The molecule has 0 atom stereocenters. The molecule has 0 spiro atoms. The van der Waals surface area contributed by atoms with Crippen LogP contribution in [0.3, 0.4) is 0 Å². The fourth-order valence-corrected chi connectivity index (χ4v) is 1.77. The molecule has 1 aromatic carbocycles. The summed E-state index contributed by atoms with van der Waals surface area (Å²) in [6, 6.07) is 9.53. The third-order valence-electron chi connectivity index (χ3n) is 2.90. The number of carbonyl (C=O) groups is 3. The summed E-state index contributed by atoms with van der Waals surface area (Å²) in [4.78, 5) is 35.0. The predicted molar refractivity (Wildman–Crippen MR) is 84.3 cm³/mol. The van der Waals surface area contributed by atoms with Crippen LogP contribution in [-0.4, -0.2) is 30.9 Å². The smallest absolute Gasteiger partial charge is 0.305 e. The molecule has 126 valence electrons. The summed E-state index contributed by atoms with van der Waals surface area (Å²) >= 11 is 0. The molecule has 3 N–H and O–H groups in total. The molecule has 2 rings (SSSR count). The predicted octanol–water partition coefficient (Wildman–Crippen LogP) is 0.869. The van der Waals surface area contributed by atoms with Crippen molar-refractivity contribution in [3.8, 4) is 5.75 Å². The Morgan fingerprint density at radius 2 is 1.79 bits per heavy atom. The van der Waals surface area contributed by atoms with Gasteiger partial charge in [0.1, 0.15) is 5.75 Å². The van der Waals surface area contributed by atoms with Gasteiger partial charge in [-0.05, 0) is 43.3 Å². The van der Waals surface area contributed by atoms with Gasteiger partial charge in [0.25, 0.3) is 11.8 Å². The molecule has 3 amide bonds. The molecule has 0 bridgehead atoms. The van der Waals surface area contributed by atoms with Crippen LogP contribution in [0.15, 0.2) is 47.1 Å². The first-order valence-corrected chi connectivity index (χ1v) is 7.24. The van der Waals surface area contributed by atoms with E-state index in [1.165, 1.54) is 12.3 Å². The summed E-state index contributed by atoms with van der Waals surface area (Å²) in [6.07, 6.45) is 1.34. The minimum absolute atomic E-state index is 0.0636. The van der Waals surface area contributed by atoms with Gasteiger partial charge in [-0.3, -0.25) is 25.2 Å². The average Bonchev–Trinajstić information content (AvgIpc) is 3.13. The lowest BCUT2D eigenvalue weighted by molar-refractivity contribution is -0.120. The molecule has 0 unspecified atom stereocenters. The largest absolute Gasteiger partial charge is 0.494 e. The second-order valence-electron chi connectivity index (χ2n) is 4.62. The van der Waals surface area contributed by atoms with Gasteiger partial charge in [0, 0.05) is 5.56 Å². The van der Waals surface area contributed by atoms with Gasteiger partial charge in [0.05, 0.1) is 19.4 Å². The van der Waals surface area contributed by atoms with Gasteiger partial charge in [-0.2, -0.15) is 0 Å². The molecule has 8 heteroatoms. The molecule has 1 heterocycles. The Morgan fingerprint density at radius 3 is 2.42 bits per heavy atom. The highest BCUT2D eigenvalue weighted by molar-refractivity contribution is 5.97. The van der Waals surface area contributed by atoms with Crippen molar-refractivity contribution in [1.29, 1.82) is 0 Å². The van der Waals surface area contributed by atoms with E-state index in [1.807, 2.05) is 6.92 Å². The summed E-state index contributed by atoms with van der Waals surface area (Å²) in [6.45, 7) is 2.11. The van der Waals surface area contributed by atoms with E-state index in [9.17, 15) is 14.4 Å². The van der Waals surface area contributed by atoms with Gasteiger partial charge in [0.15, 0.2) is 5.76 Å². The SMILES string of the molecule is CCOc1ccc(C(=O)NCC(=O)NNC(=O)c2ccco2)cc1. The highest BCUT2D eigenvalue weighted by Crippen LogP contribution is 2.11. The van der Waals surface area contributed by atoms with Gasteiger partial charge < -0.3 is 14.5 Å². The minimum atomic E-state index is -0.591. The zero-order valence-electron chi connectivity index (χ0n) is 13.0. The minimum Gasteiger partial charge on any atom is -0.494 e. The normalized spacial score (nSPS) is 9.88. The quantitative estimate of drug-likeness (QED) is 0.680. The number of hydrogen-bond acceptors (Lipinski definition) is 5. The molecular weight excluding hydrogens is 314 g/mol. The highest BCUT2D eigenvalue weighted by atomic mass is 16.5. The van der Waals surface area contributed by atoms with E-state index in [1.54, 1.807) is 30.3 Å². The Morgan fingerprint density at radius 1 is 1.04 bits per heavy atom. The molecule has 8 nitrogen and oxygen atoms in total. The van der Waals surface area contributed by atoms with Crippen molar-refractivity contribution in [1.82, 2.24) is 16.2 Å². The van der Waals surface area contributed by atoms with Crippen LogP contribution in [0.1, 0.15) is 27.8 Å². The van der Waals surface area contributed by atoms with Crippen LogP contribution in [0.25, 0.3) is 0 Å². The lowest BCUT2D eigenvalue weighted by atomic mass is 10.2. The number of ether oxygens (including phenoxy) is 1. The molecule has 0 saturated carbocycles. The Bertz CT molecular complexity index is 695. The molecular formula is C16H17N3O5. The summed E-state index contributed by atoms with van der Waals surface area (Å²) < 4.78 is 10.1. The van der Waals surface area contributed by atoms with E-state index in [-0.39, 0.29) is 12.3 Å². The third kappa shape index (κ3) is 4.87. The van der Waals surface area contributed by atoms with E-state index in [2.05, 4.69) is 16.2 Å². The fraction of sp³-hybridized carbons (Fsp3) is 0.188. The average molecular weight is 331 g/mol. The maximum atomic E-state index is 11.9. The number of carbonyl (C=O) groups excluding carboxylic acids is 3. The third-order valence-corrected chi connectivity index (χ3v) is 2.90. The van der Waals surface area contributed by atoms with Gasteiger partial charge in [-0.15, -0.1) is 0 Å². The monoisotopic (exact) mass is 331 g/mol. The van der Waals surface area contributed by atoms with E-state index in [0.717, 1.165) is 0 Å². The molecule has 0 aliphatic carbocycles. The van der Waals surface area contributed by atoms with Crippen LogP contribution in [-0.2, 0) is 4.79 Å². The molecule has 24 heavy (non-hydrogen) atoms. The van der Waals surface area contributed by atoms with Gasteiger partial charge in [0.2, 0.25) is 0 Å². The zero-order chi connectivity index (χ0) is 17.4. The number of amides is 3. The van der Waals surface area contributed by atoms with Crippen LogP contribution in [0, 0.1) is 0 Å². The van der Waals surface area contributed by atoms with Crippen molar-refractivity contribution in [3.63, 3.8) is 0 Å². The number of benzene rings is 1.